The van der Waals surface area contributed by atoms with Crippen molar-refractivity contribution in [2.45, 2.75) is 64.1 Å². The summed E-state index contributed by atoms with van der Waals surface area (Å²) in [4.78, 5) is 17.2. The van der Waals surface area contributed by atoms with Crippen molar-refractivity contribution >= 4 is 28.7 Å². The summed E-state index contributed by atoms with van der Waals surface area (Å²) in [5.74, 6) is 0. The number of benzene rings is 3. The average Bonchev–Trinajstić information content (AvgIpc) is 2.84. The predicted molar refractivity (Wildman–Crippen MR) is 143 cm³/mol. The molecule has 2 aliphatic heterocycles. The molecule has 2 aliphatic rings. The third-order valence-electron chi connectivity index (χ3n) is 6.77. The van der Waals surface area contributed by atoms with E-state index in [9.17, 15) is 4.79 Å². The van der Waals surface area contributed by atoms with Gasteiger partial charge in [0, 0.05) is 23.1 Å². The minimum absolute atomic E-state index is 0.108. The first-order chi connectivity index (χ1) is 16.9. The van der Waals surface area contributed by atoms with Crippen LogP contribution < -0.4 is 4.90 Å². The molecule has 180 valence electrons. The van der Waals surface area contributed by atoms with Gasteiger partial charge in [-0.2, -0.15) is 0 Å². The summed E-state index contributed by atoms with van der Waals surface area (Å²) >= 11 is 0. The van der Waals surface area contributed by atoms with Crippen LogP contribution in [0.3, 0.4) is 0 Å². The van der Waals surface area contributed by atoms with E-state index in [2.05, 4.69) is 83.8 Å². The molecule has 2 bridgehead atoms. The van der Waals surface area contributed by atoms with Gasteiger partial charge in [-0.15, -0.1) is 0 Å². The molecule has 0 spiro atoms. The topological polar surface area (TPSA) is 32.8 Å². The first kappa shape index (κ1) is 23.2. The molecule has 1 fully saturated rings. The van der Waals surface area contributed by atoms with Crippen LogP contribution in [-0.4, -0.2) is 28.7 Å². The summed E-state index contributed by atoms with van der Waals surface area (Å²) < 4.78 is 5.73. The Bertz CT molecular complexity index is 1140. The van der Waals surface area contributed by atoms with Crippen molar-refractivity contribution in [2.75, 3.05) is 4.90 Å². The first-order valence-electron chi connectivity index (χ1n) is 12.6. The lowest BCUT2D eigenvalue weighted by molar-refractivity contribution is 0.0000842. The molecule has 4 nitrogen and oxygen atoms in total. The second kappa shape index (κ2) is 9.61. The zero-order chi connectivity index (χ0) is 24.4. The van der Waals surface area contributed by atoms with E-state index >= 15 is 0 Å². The van der Waals surface area contributed by atoms with Gasteiger partial charge >= 0.3 is 6.09 Å². The summed E-state index contributed by atoms with van der Waals surface area (Å²) in [7, 11) is 0. The van der Waals surface area contributed by atoms with Crippen molar-refractivity contribution in [2.24, 2.45) is 0 Å². The van der Waals surface area contributed by atoms with Gasteiger partial charge in [0.2, 0.25) is 0 Å². The number of para-hydroxylation sites is 2. The molecule has 2 atom stereocenters. The Morgan fingerprint density at radius 2 is 1.40 bits per heavy atom. The van der Waals surface area contributed by atoms with Gasteiger partial charge in [0.1, 0.15) is 5.60 Å². The molecule has 3 aromatic carbocycles. The van der Waals surface area contributed by atoms with Crippen molar-refractivity contribution in [1.29, 1.82) is 0 Å². The minimum Gasteiger partial charge on any atom is -0.444 e. The summed E-state index contributed by atoms with van der Waals surface area (Å²) in [6, 6.07) is 30.1. The number of fused-ring (bicyclic) bond motifs is 2. The Morgan fingerprint density at radius 1 is 0.829 bits per heavy atom. The SMILES string of the molecule is CC(C)(C)OC(=O)N1C2C=C(c3ccc(N(c4ccccc4)c4ccccc4)cc3)CC1CCC2. The monoisotopic (exact) mass is 466 g/mol. The normalized spacial score (nSPS) is 19.6. The maximum Gasteiger partial charge on any atom is 0.411 e. The highest BCUT2D eigenvalue weighted by Gasteiger charge is 2.39. The lowest BCUT2D eigenvalue weighted by Crippen LogP contribution is -2.53. The van der Waals surface area contributed by atoms with E-state index in [0.29, 0.717) is 0 Å². The molecule has 4 heteroatoms. The van der Waals surface area contributed by atoms with Gasteiger partial charge in [-0.1, -0.05) is 54.6 Å². The average molecular weight is 467 g/mol. The van der Waals surface area contributed by atoms with E-state index < -0.39 is 5.60 Å². The number of amides is 1. The van der Waals surface area contributed by atoms with Crippen LogP contribution in [0.25, 0.3) is 5.57 Å². The zero-order valence-corrected chi connectivity index (χ0v) is 20.9. The Morgan fingerprint density at radius 3 is 1.94 bits per heavy atom. The van der Waals surface area contributed by atoms with Crippen molar-refractivity contribution in [3.05, 3.63) is 96.6 Å². The Labute approximate surface area is 208 Å². The lowest BCUT2D eigenvalue weighted by Gasteiger charge is -2.45. The van der Waals surface area contributed by atoms with Gasteiger partial charge in [0.05, 0.1) is 6.04 Å². The summed E-state index contributed by atoms with van der Waals surface area (Å²) in [5, 5.41) is 0. The van der Waals surface area contributed by atoms with Gasteiger partial charge in [-0.25, -0.2) is 4.79 Å². The van der Waals surface area contributed by atoms with Crippen molar-refractivity contribution < 1.29 is 9.53 Å². The van der Waals surface area contributed by atoms with Crippen LogP contribution in [0.15, 0.2) is 91.0 Å². The van der Waals surface area contributed by atoms with Crippen molar-refractivity contribution in [3.63, 3.8) is 0 Å². The molecule has 0 aliphatic carbocycles. The van der Waals surface area contributed by atoms with E-state index in [1.54, 1.807) is 0 Å². The van der Waals surface area contributed by atoms with Gasteiger partial charge in [0.15, 0.2) is 0 Å². The van der Waals surface area contributed by atoms with E-state index in [4.69, 9.17) is 4.74 Å². The van der Waals surface area contributed by atoms with Gasteiger partial charge in [0.25, 0.3) is 0 Å². The molecule has 1 saturated heterocycles. The van der Waals surface area contributed by atoms with E-state index in [1.165, 1.54) is 11.1 Å². The van der Waals surface area contributed by atoms with E-state index in [-0.39, 0.29) is 18.2 Å². The molecular weight excluding hydrogens is 432 g/mol. The molecule has 0 aromatic heterocycles. The van der Waals surface area contributed by atoms with E-state index in [0.717, 1.165) is 42.7 Å². The maximum absolute atomic E-state index is 12.9. The first-order valence-corrected chi connectivity index (χ1v) is 12.6. The van der Waals surface area contributed by atoms with Crippen molar-refractivity contribution in [1.82, 2.24) is 4.90 Å². The third kappa shape index (κ3) is 5.12. The number of carbonyl (C=O) groups excluding carboxylic acids is 1. The van der Waals surface area contributed by atoms with Crippen LogP contribution in [0.5, 0.6) is 0 Å². The summed E-state index contributed by atoms with van der Waals surface area (Å²) in [5.41, 5.74) is 5.47. The summed E-state index contributed by atoms with van der Waals surface area (Å²) in [6.07, 6.45) is 6.16. The Kier molecular flexibility index (Phi) is 6.38. The van der Waals surface area contributed by atoms with Gasteiger partial charge in [-0.05, 0) is 94.0 Å². The Balaban J connectivity index is 1.42. The number of piperidine rings is 1. The molecule has 0 N–H and O–H groups in total. The Hall–Kier alpha value is -3.53. The third-order valence-corrected chi connectivity index (χ3v) is 6.77. The standard InChI is InChI=1S/C31H34N2O2/c1-31(2,3)35-30(34)33-28-15-10-16-29(33)22-24(21-28)23-17-19-27(20-18-23)32(25-11-6-4-7-12-25)26-13-8-5-9-14-26/h4-9,11-14,17-21,28-29H,10,15-16,22H2,1-3H3. The van der Waals surface area contributed by atoms with Crippen LogP contribution in [0.2, 0.25) is 0 Å². The number of hydrogen-bond acceptors (Lipinski definition) is 3. The van der Waals surface area contributed by atoms with Crippen molar-refractivity contribution in [3.8, 4) is 0 Å². The fourth-order valence-corrected chi connectivity index (χ4v) is 5.27. The second-order valence-electron chi connectivity index (χ2n) is 10.5. The minimum atomic E-state index is -0.478. The zero-order valence-electron chi connectivity index (χ0n) is 20.9. The van der Waals surface area contributed by atoms with Crippen LogP contribution in [0.1, 0.15) is 52.0 Å². The molecule has 2 heterocycles. The highest BCUT2D eigenvalue weighted by Crippen LogP contribution is 2.39. The molecular formula is C31H34N2O2. The number of anilines is 3. The largest absolute Gasteiger partial charge is 0.444 e. The summed E-state index contributed by atoms with van der Waals surface area (Å²) in [6.45, 7) is 5.80. The number of rotatable bonds is 4. The van der Waals surface area contributed by atoms with Gasteiger partial charge < -0.3 is 9.64 Å². The fourth-order valence-electron chi connectivity index (χ4n) is 5.27. The smallest absolute Gasteiger partial charge is 0.411 e. The van der Waals surface area contributed by atoms with Crippen LogP contribution in [0, 0.1) is 0 Å². The molecule has 3 aromatic rings. The second-order valence-corrected chi connectivity index (χ2v) is 10.5. The molecule has 35 heavy (non-hydrogen) atoms. The maximum atomic E-state index is 12.9. The highest BCUT2D eigenvalue weighted by atomic mass is 16.6. The molecule has 1 amide bonds. The molecule has 5 rings (SSSR count). The van der Waals surface area contributed by atoms with Gasteiger partial charge in [-0.3, -0.25) is 4.90 Å². The number of hydrogen-bond donors (Lipinski definition) is 0. The number of nitrogens with zero attached hydrogens (tertiary/aromatic N) is 2. The van der Waals surface area contributed by atoms with E-state index in [1.807, 2.05) is 37.8 Å². The lowest BCUT2D eigenvalue weighted by atomic mass is 9.83. The molecule has 2 unspecified atom stereocenters. The van der Waals surface area contributed by atoms with Crippen LogP contribution in [0.4, 0.5) is 21.9 Å². The number of carbonyl (C=O) groups is 1. The molecule has 0 saturated carbocycles. The quantitative estimate of drug-likeness (QED) is 0.389. The van der Waals surface area contributed by atoms with Crippen LogP contribution >= 0.6 is 0 Å². The number of ether oxygens (including phenoxy) is 1. The molecule has 0 radical (unpaired) electrons. The fraction of sp³-hybridized carbons (Fsp3) is 0.323. The van der Waals surface area contributed by atoms with Crippen LogP contribution in [-0.2, 0) is 4.74 Å². The predicted octanol–water partition coefficient (Wildman–Crippen LogP) is 8.10. The highest BCUT2D eigenvalue weighted by molar-refractivity contribution is 5.79.